The number of ketones is 1. The number of carbonyl (C=O) groups excluding carboxylic acids is 1. The number of rotatable bonds is 4. The molecule has 0 saturated heterocycles. The first kappa shape index (κ1) is 17.9. The van der Waals surface area contributed by atoms with Gasteiger partial charge in [0.25, 0.3) is 0 Å². The van der Waals surface area contributed by atoms with Crippen molar-refractivity contribution in [1.82, 2.24) is 0 Å². The standard InChI is InChI=1S/C20H14F4O2/c1-12(25)17-10-18(21)15-4-2-3-5-16(15)19(17)26-11-13-6-8-14(9-7-13)20(22,23)24/h2-10H,11H2,1H3. The van der Waals surface area contributed by atoms with E-state index >= 15 is 0 Å². The van der Waals surface area contributed by atoms with E-state index in [1.165, 1.54) is 19.1 Å². The molecule has 0 aliphatic rings. The lowest BCUT2D eigenvalue weighted by Gasteiger charge is -2.14. The van der Waals surface area contributed by atoms with Crippen molar-refractivity contribution in [2.75, 3.05) is 0 Å². The molecular weight excluding hydrogens is 348 g/mol. The van der Waals surface area contributed by atoms with E-state index in [9.17, 15) is 22.4 Å². The number of carbonyl (C=O) groups is 1. The second kappa shape index (κ2) is 6.78. The third-order valence-electron chi connectivity index (χ3n) is 3.99. The van der Waals surface area contributed by atoms with Crippen LogP contribution in [0.4, 0.5) is 17.6 Å². The molecule has 0 aliphatic carbocycles. The van der Waals surface area contributed by atoms with E-state index in [0.29, 0.717) is 16.3 Å². The Hall–Kier alpha value is -2.89. The number of Topliss-reactive ketones (excluding diaryl/α,β-unsaturated/α-hetero) is 1. The highest BCUT2D eigenvalue weighted by Gasteiger charge is 2.29. The van der Waals surface area contributed by atoms with Crippen molar-refractivity contribution < 1.29 is 27.1 Å². The monoisotopic (exact) mass is 362 g/mol. The first-order chi connectivity index (χ1) is 12.3. The summed E-state index contributed by atoms with van der Waals surface area (Å²) < 4.78 is 57.8. The molecule has 0 saturated carbocycles. The van der Waals surface area contributed by atoms with Gasteiger partial charge in [-0.3, -0.25) is 4.79 Å². The number of alkyl halides is 3. The molecule has 2 nitrogen and oxygen atoms in total. The fraction of sp³-hybridized carbons (Fsp3) is 0.150. The number of fused-ring (bicyclic) bond motifs is 1. The van der Waals surface area contributed by atoms with Crippen LogP contribution in [-0.4, -0.2) is 5.78 Å². The fourth-order valence-corrected chi connectivity index (χ4v) is 2.67. The largest absolute Gasteiger partial charge is 0.487 e. The highest BCUT2D eigenvalue weighted by Crippen LogP contribution is 2.33. The van der Waals surface area contributed by atoms with Gasteiger partial charge in [-0.25, -0.2) is 4.39 Å². The third kappa shape index (κ3) is 3.54. The Kier molecular flexibility index (Phi) is 4.68. The molecular formula is C20H14F4O2. The first-order valence-corrected chi connectivity index (χ1v) is 7.78. The van der Waals surface area contributed by atoms with Crippen molar-refractivity contribution in [1.29, 1.82) is 0 Å². The van der Waals surface area contributed by atoms with E-state index in [2.05, 4.69) is 0 Å². The van der Waals surface area contributed by atoms with Gasteiger partial charge in [0.1, 0.15) is 18.2 Å². The maximum Gasteiger partial charge on any atom is 0.416 e. The zero-order chi connectivity index (χ0) is 18.9. The summed E-state index contributed by atoms with van der Waals surface area (Å²) in [5.74, 6) is -0.681. The van der Waals surface area contributed by atoms with Gasteiger partial charge in [0.2, 0.25) is 0 Å². The fourth-order valence-electron chi connectivity index (χ4n) is 2.67. The zero-order valence-corrected chi connectivity index (χ0v) is 13.7. The maximum atomic E-state index is 14.2. The van der Waals surface area contributed by atoms with Crippen LogP contribution in [0.15, 0.2) is 54.6 Å². The summed E-state index contributed by atoms with van der Waals surface area (Å²) >= 11 is 0. The van der Waals surface area contributed by atoms with Crippen molar-refractivity contribution in [3.8, 4) is 5.75 Å². The molecule has 0 bridgehead atoms. The highest BCUT2D eigenvalue weighted by molar-refractivity contribution is 6.04. The summed E-state index contributed by atoms with van der Waals surface area (Å²) in [7, 11) is 0. The summed E-state index contributed by atoms with van der Waals surface area (Å²) in [5.41, 5.74) is -0.160. The molecule has 134 valence electrons. The highest BCUT2D eigenvalue weighted by atomic mass is 19.4. The average Bonchev–Trinajstić information content (AvgIpc) is 2.60. The Morgan fingerprint density at radius 1 is 1.00 bits per heavy atom. The van der Waals surface area contributed by atoms with Crippen LogP contribution in [0, 0.1) is 5.82 Å². The van der Waals surface area contributed by atoms with E-state index in [0.717, 1.165) is 18.2 Å². The Labute approximate surface area is 147 Å². The molecule has 0 aliphatic heterocycles. The van der Waals surface area contributed by atoms with Gasteiger partial charge in [0, 0.05) is 10.8 Å². The van der Waals surface area contributed by atoms with Gasteiger partial charge in [-0.05, 0) is 30.7 Å². The van der Waals surface area contributed by atoms with E-state index < -0.39 is 17.6 Å². The molecule has 0 heterocycles. The van der Waals surface area contributed by atoms with Crippen LogP contribution in [-0.2, 0) is 12.8 Å². The first-order valence-electron chi connectivity index (χ1n) is 7.78. The van der Waals surface area contributed by atoms with E-state index in [4.69, 9.17) is 4.74 Å². The average molecular weight is 362 g/mol. The maximum absolute atomic E-state index is 14.2. The molecule has 0 unspecified atom stereocenters. The molecule has 0 aromatic heterocycles. The number of ether oxygens (including phenoxy) is 1. The molecule has 3 aromatic rings. The van der Waals surface area contributed by atoms with Crippen LogP contribution in [0.3, 0.4) is 0 Å². The van der Waals surface area contributed by atoms with Gasteiger partial charge >= 0.3 is 6.18 Å². The van der Waals surface area contributed by atoms with E-state index in [1.807, 2.05) is 0 Å². The van der Waals surface area contributed by atoms with Crippen LogP contribution in [0.5, 0.6) is 5.75 Å². The quantitative estimate of drug-likeness (QED) is 0.434. The van der Waals surface area contributed by atoms with Gasteiger partial charge < -0.3 is 4.74 Å². The lowest BCUT2D eigenvalue weighted by molar-refractivity contribution is -0.137. The Bertz CT molecular complexity index is 960. The van der Waals surface area contributed by atoms with Crippen LogP contribution >= 0.6 is 0 Å². The van der Waals surface area contributed by atoms with Gasteiger partial charge in [-0.15, -0.1) is 0 Å². The molecule has 3 aromatic carbocycles. The summed E-state index contributed by atoms with van der Waals surface area (Å²) in [5, 5.41) is 0.740. The third-order valence-corrected chi connectivity index (χ3v) is 3.99. The minimum absolute atomic E-state index is 0.0476. The number of benzene rings is 3. The molecule has 0 radical (unpaired) electrons. The molecule has 3 rings (SSSR count). The smallest absolute Gasteiger partial charge is 0.416 e. The molecule has 26 heavy (non-hydrogen) atoms. The SMILES string of the molecule is CC(=O)c1cc(F)c2ccccc2c1OCc1ccc(C(F)(F)F)cc1. The van der Waals surface area contributed by atoms with E-state index in [1.54, 1.807) is 24.3 Å². The number of hydrogen-bond donors (Lipinski definition) is 0. The van der Waals surface area contributed by atoms with Crippen molar-refractivity contribution in [3.63, 3.8) is 0 Å². The second-order valence-corrected chi connectivity index (χ2v) is 5.82. The predicted molar refractivity (Wildman–Crippen MR) is 89.7 cm³/mol. The normalized spacial score (nSPS) is 11.6. The second-order valence-electron chi connectivity index (χ2n) is 5.82. The molecule has 0 amide bonds. The van der Waals surface area contributed by atoms with Crippen molar-refractivity contribution in [2.24, 2.45) is 0 Å². The number of hydrogen-bond acceptors (Lipinski definition) is 2. The Balaban J connectivity index is 1.94. The van der Waals surface area contributed by atoms with Crippen molar-refractivity contribution in [3.05, 3.63) is 77.1 Å². The van der Waals surface area contributed by atoms with Crippen LogP contribution in [0.2, 0.25) is 0 Å². The molecule has 0 fully saturated rings. The molecule has 0 N–H and O–H groups in total. The van der Waals surface area contributed by atoms with Crippen LogP contribution in [0.1, 0.15) is 28.4 Å². The van der Waals surface area contributed by atoms with Gasteiger partial charge in [-0.1, -0.05) is 36.4 Å². The van der Waals surface area contributed by atoms with Crippen molar-refractivity contribution in [2.45, 2.75) is 19.7 Å². The molecule has 0 atom stereocenters. The zero-order valence-electron chi connectivity index (χ0n) is 13.7. The van der Waals surface area contributed by atoms with Crippen molar-refractivity contribution >= 4 is 16.6 Å². The topological polar surface area (TPSA) is 26.3 Å². The van der Waals surface area contributed by atoms with Gasteiger partial charge in [0.15, 0.2) is 5.78 Å². The minimum Gasteiger partial charge on any atom is -0.487 e. The number of halogens is 4. The van der Waals surface area contributed by atoms with Crippen LogP contribution < -0.4 is 4.74 Å². The Morgan fingerprint density at radius 2 is 1.62 bits per heavy atom. The van der Waals surface area contributed by atoms with Crippen LogP contribution in [0.25, 0.3) is 10.8 Å². The molecule has 6 heteroatoms. The van der Waals surface area contributed by atoms with Gasteiger partial charge in [0.05, 0.1) is 11.1 Å². The lowest BCUT2D eigenvalue weighted by atomic mass is 10.0. The summed E-state index contributed by atoms with van der Waals surface area (Å²) in [6.45, 7) is 1.25. The summed E-state index contributed by atoms with van der Waals surface area (Å²) in [6.07, 6.45) is -4.41. The van der Waals surface area contributed by atoms with Gasteiger partial charge in [-0.2, -0.15) is 13.2 Å². The lowest BCUT2D eigenvalue weighted by Crippen LogP contribution is -2.06. The minimum atomic E-state index is -4.41. The van der Waals surface area contributed by atoms with E-state index in [-0.39, 0.29) is 23.7 Å². The molecule has 0 spiro atoms. The Morgan fingerprint density at radius 3 is 2.19 bits per heavy atom. The summed E-state index contributed by atoms with van der Waals surface area (Å²) in [4.78, 5) is 11.9. The summed E-state index contributed by atoms with van der Waals surface area (Å²) in [6, 6.07) is 12.2. The predicted octanol–water partition coefficient (Wildman–Crippen LogP) is 5.78.